The summed E-state index contributed by atoms with van der Waals surface area (Å²) in [6, 6.07) is 16.6. The van der Waals surface area contributed by atoms with Crippen molar-refractivity contribution in [1.29, 1.82) is 0 Å². The van der Waals surface area contributed by atoms with Crippen LogP contribution in [0.1, 0.15) is 29.8 Å². The van der Waals surface area contributed by atoms with Crippen molar-refractivity contribution in [2.24, 2.45) is 11.0 Å². The van der Waals surface area contributed by atoms with E-state index in [2.05, 4.69) is 10.5 Å². The van der Waals surface area contributed by atoms with Gasteiger partial charge in [0.25, 0.3) is 5.91 Å². The van der Waals surface area contributed by atoms with Crippen LogP contribution in [-0.4, -0.2) is 11.6 Å². The summed E-state index contributed by atoms with van der Waals surface area (Å²) in [7, 11) is 0. The number of carbonyl (C=O) groups excluding carboxylic acids is 1. The third-order valence-electron chi connectivity index (χ3n) is 3.07. The monoisotopic (exact) mass is 281 g/mol. The van der Waals surface area contributed by atoms with E-state index in [4.69, 9.17) is 5.73 Å². The quantitative estimate of drug-likeness (QED) is 0.514. The maximum atomic E-state index is 12.1. The minimum atomic E-state index is -0.246. The van der Waals surface area contributed by atoms with Crippen LogP contribution < -0.4 is 11.2 Å². The Morgan fingerprint density at radius 3 is 2.19 bits per heavy atom. The Hall–Kier alpha value is -2.62. The van der Waals surface area contributed by atoms with Crippen LogP contribution in [0.15, 0.2) is 59.7 Å². The molecule has 2 aromatic rings. The van der Waals surface area contributed by atoms with Gasteiger partial charge >= 0.3 is 0 Å². The van der Waals surface area contributed by atoms with E-state index in [1.54, 1.807) is 24.3 Å². The second-order valence-corrected chi connectivity index (χ2v) is 5.08. The van der Waals surface area contributed by atoms with Crippen LogP contribution in [0, 0.1) is 5.92 Å². The average molecular weight is 281 g/mol. The highest BCUT2D eigenvalue weighted by Crippen LogP contribution is 2.10. The second kappa shape index (κ2) is 6.70. The first-order valence-electron chi connectivity index (χ1n) is 6.87. The fraction of sp³-hybridized carbons (Fsp3) is 0.176. The van der Waals surface area contributed by atoms with Crippen LogP contribution in [0.2, 0.25) is 0 Å². The van der Waals surface area contributed by atoms with Crippen molar-refractivity contribution in [2.45, 2.75) is 13.8 Å². The molecule has 4 nitrogen and oxygen atoms in total. The maximum Gasteiger partial charge on any atom is 0.271 e. The number of carbonyl (C=O) groups is 1. The Morgan fingerprint density at radius 2 is 1.62 bits per heavy atom. The summed E-state index contributed by atoms with van der Waals surface area (Å²) in [6.45, 7) is 4.09. The van der Waals surface area contributed by atoms with E-state index in [0.717, 1.165) is 11.3 Å². The van der Waals surface area contributed by atoms with Crippen LogP contribution in [0.5, 0.6) is 0 Å². The maximum absolute atomic E-state index is 12.1. The van der Waals surface area contributed by atoms with Crippen LogP contribution in [0.25, 0.3) is 0 Å². The van der Waals surface area contributed by atoms with Crippen LogP contribution in [0.4, 0.5) is 5.69 Å². The van der Waals surface area contributed by atoms with E-state index >= 15 is 0 Å². The predicted molar refractivity (Wildman–Crippen MR) is 86.1 cm³/mol. The number of anilines is 1. The summed E-state index contributed by atoms with van der Waals surface area (Å²) in [6.07, 6.45) is 0. The lowest BCUT2D eigenvalue weighted by atomic mass is 10.0. The Labute approximate surface area is 124 Å². The Morgan fingerprint density at radius 1 is 1.00 bits per heavy atom. The number of nitrogen functional groups attached to an aromatic ring is 1. The van der Waals surface area contributed by atoms with Crippen LogP contribution in [0.3, 0.4) is 0 Å². The van der Waals surface area contributed by atoms with Crippen LogP contribution in [-0.2, 0) is 0 Å². The molecular formula is C17H19N3O. The fourth-order valence-electron chi connectivity index (χ4n) is 1.95. The third-order valence-corrected chi connectivity index (χ3v) is 3.07. The van der Waals surface area contributed by atoms with E-state index in [9.17, 15) is 4.79 Å². The van der Waals surface area contributed by atoms with Gasteiger partial charge < -0.3 is 5.73 Å². The summed E-state index contributed by atoms with van der Waals surface area (Å²) in [5.41, 5.74) is 11.2. The standard InChI is InChI=1S/C17H19N3O/c1-12(2)16(13-6-4-3-5-7-13)19-20-17(21)14-8-10-15(18)11-9-14/h3-12H,18H2,1-2H3,(H,20,21)/b19-16-. The molecule has 0 spiro atoms. The molecule has 0 aliphatic heterocycles. The van der Waals surface area contributed by atoms with E-state index in [1.807, 2.05) is 44.2 Å². The molecule has 0 saturated heterocycles. The van der Waals surface area contributed by atoms with Crippen molar-refractivity contribution in [3.05, 3.63) is 65.7 Å². The van der Waals surface area contributed by atoms with Gasteiger partial charge in [0, 0.05) is 11.3 Å². The van der Waals surface area contributed by atoms with E-state index < -0.39 is 0 Å². The minimum absolute atomic E-state index is 0.208. The number of hydrogen-bond acceptors (Lipinski definition) is 3. The number of nitrogens with two attached hydrogens (primary N) is 1. The van der Waals surface area contributed by atoms with E-state index in [1.165, 1.54) is 0 Å². The Balaban J connectivity index is 2.17. The molecule has 2 aromatic carbocycles. The third kappa shape index (κ3) is 3.92. The molecule has 4 heteroatoms. The Kier molecular flexibility index (Phi) is 4.72. The SMILES string of the molecule is CC(C)/C(=N/NC(=O)c1ccc(N)cc1)c1ccccc1. The van der Waals surface area contributed by atoms with Crippen LogP contribution >= 0.6 is 0 Å². The smallest absolute Gasteiger partial charge is 0.271 e. The average Bonchev–Trinajstić information content (AvgIpc) is 2.48. The van der Waals surface area contributed by atoms with Gasteiger partial charge in [-0.1, -0.05) is 44.2 Å². The lowest BCUT2D eigenvalue weighted by Crippen LogP contribution is -2.22. The number of amides is 1. The van der Waals surface area contributed by atoms with Crippen molar-refractivity contribution >= 4 is 17.3 Å². The molecule has 0 heterocycles. The molecule has 0 aliphatic rings. The number of hydrogen-bond donors (Lipinski definition) is 2. The summed E-state index contributed by atoms with van der Waals surface area (Å²) < 4.78 is 0. The molecule has 0 bridgehead atoms. The lowest BCUT2D eigenvalue weighted by Gasteiger charge is -2.10. The highest BCUT2D eigenvalue weighted by Gasteiger charge is 2.10. The zero-order valence-electron chi connectivity index (χ0n) is 12.2. The summed E-state index contributed by atoms with van der Waals surface area (Å²) in [4.78, 5) is 12.1. The fourth-order valence-corrected chi connectivity index (χ4v) is 1.95. The predicted octanol–water partition coefficient (Wildman–Crippen LogP) is 3.06. The largest absolute Gasteiger partial charge is 0.399 e. The number of hydrazone groups is 1. The normalized spacial score (nSPS) is 11.5. The highest BCUT2D eigenvalue weighted by molar-refractivity contribution is 6.03. The summed E-state index contributed by atoms with van der Waals surface area (Å²) >= 11 is 0. The second-order valence-electron chi connectivity index (χ2n) is 5.08. The molecule has 0 unspecified atom stereocenters. The molecule has 1 amide bonds. The first kappa shape index (κ1) is 14.8. The molecule has 108 valence electrons. The van der Waals surface area contributed by atoms with Gasteiger partial charge in [0.05, 0.1) is 5.71 Å². The van der Waals surface area contributed by atoms with E-state index in [-0.39, 0.29) is 11.8 Å². The van der Waals surface area contributed by atoms with Gasteiger partial charge in [-0.3, -0.25) is 4.79 Å². The molecular weight excluding hydrogens is 262 g/mol. The van der Waals surface area contributed by atoms with Gasteiger partial charge in [-0.25, -0.2) is 5.43 Å². The van der Waals surface area contributed by atoms with Gasteiger partial charge in [-0.15, -0.1) is 0 Å². The zero-order valence-corrected chi connectivity index (χ0v) is 12.2. The first-order valence-corrected chi connectivity index (χ1v) is 6.87. The van der Waals surface area contributed by atoms with Crippen molar-refractivity contribution in [2.75, 3.05) is 5.73 Å². The number of nitrogens with zero attached hydrogens (tertiary/aromatic N) is 1. The molecule has 0 saturated carbocycles. The van der Waals surface area contributed by atoms with Gasteiger partial charge in [0.15, 0.2) is 0 Å². The molecule has 0 atom stereocenters. The van der Waals surface area contributed by atoms with Crippen molar-refractivity contribution in [1.82, 2.24) is 5.43 Å². The summed E-state index contributed by atoms with van der Waals surface area (Å²) in [5, 5.41) is 4.28. The minimum Gasteiger partial charge on any atom is -0.399 e. The van der Waals surface area contributed by atoms with Gasteiger partial charge in [-0.05, 0) is 35.7 Å². The number of nitrogens with one attached hydrogen (secondary N) is 1. The molecule has 0 aromatic heterocycles. The first-order chi connectivity index (χ1) is 10.1. The van der Waals surface area contributed by atoms with Crippen molar-refractivity contribution in [3.8, 4) is 0 Å². The molecule has 3 N–H and O–H groups in total. The van der Waals surface area contributed by atoms with Crippen molar-refractivity contribution in [3.63, 3.8) is 0 Å². The molecule has 0 aliphatic carbocycles. The summed E-state index contributed by atoms with van der Waals surface area (Å²) in [5.74, 6) is -0.0387. The Bertz CT molecular complexity index is 631. The lowest BCUT2D eigenvalue weighted by molar-refractivity contribution is 0.0954. The van der Waals surface area contributed by atoms with Gasteiger partial charge in [0.1, 0.15) is 0 Å². The molecule has 0 radical (unpaired) electrons. The molecule has 2 rings (SSSR count). The molecule has 21 heavy (non-hydrogen) atoms. The van der Waals surface area contributed by atoms with E-state index in [0.29, 0.717) is 11.3 Å². The molecule has 0 fully saturated rings. The topological polar surface area (TPSA) is 67.5 Å². The van der Waals surface area contributed by atoms with Gasteiger partial charge in [0.2, 0.25) is 0 Å². The highest BCUT2D eigenvalue weighted by atomic mass is 16.2. The zero-order chi connectivity index (χ0) is 15.2. The van der Waals surface area contributed by atoms with Crippen molar-refractivity contribution < 1.29 is 4.79 Å². The van der Waals surface area contributed by atoms with Gasteiger partial charge in [-0.2, -0.15) is 5.10 Å². The number of benzene rings is 2. The number of rotatable bonds is 4.